The van der Waals surface area contributed by atoms with E-state index in [1.165, 1.54) is 0 Å². The predicted octanol–water partition coefficient (Wildman–Crippen LogP) is 1.84. The van der Waals surface area contributed by atoms with Crippen molar-refractivity contribution in [2.45, 2.75) is 20.4 Å². The number of thiocarbonyl (C=S) groups is 1. The minimum Gasteiger partial charge on any atom is -0.388 e. The van der Waals surface area contributed by atoms with Gasteiger partial charge in [-0.2, -0.15) is 0 Å². The van der Waals surface area contributed by atoms with Crippen molar-refractivity contribution in [3.63, 3.8) is 0 Å². The van der Waals surface area contributed by atoms with Gasteiger partial charge in [0.1, 0.15) is 10.7 Å². The van der Waals surface area contributed by atoms with Gasteiger partial charge in [-0.3, -0.25) is 4.98 Å². The van der Waals surface area contributed by atoms with Gasteiger partial charge in [0.15, 0.2) is 0 Å². The molecule has 6 heteroatoms. The largest absolute Gasteiger partial charge is 0.388 e. The molecule has 0 unspecified atom stereocenters. The van der Waals surface area contributed by atoms with Crippen LogP contribution < -0.4 is 10.6 Å². The fourth-order valence-corrected chi connectivity index (χ4v) is 1.94. The molecule has 0 aromatic carbocycles. The standard InChI is InChI=1S/C14H17N5S/c1-3-19(9-11-6-4-5-7-16-11)14-17-10(2)8-12(18-14)13(15)20/h4-8H,3,9H2,1-2H3,(H2,15,20). The molecular weight excluding hydrogens is 270 g/mol. The Morgan fingerprint density at radius 1 is 1.35 bits per heavy atom. The normalized spacial score (nSPS) is 10.3. The lowest BCUT2D eigenvalue weighted by atomic mass is 10.3. The van der Waals surface area contributed by atoms with E-state index in [1.807, 2.05) is 30.0 Å². The summed E-state index contributed by atoms with van der Waals surface area (Å²) >= 11 is 4.99. The van der Waals surface area contributed by atoms with E-state index in [-0.39, 0.29) is 4.99 Å². The third-order valence-electron chi connectivity index (χ3n) is 2.84. The average Bonchev–Trinajstić information content (AvgIpc) is 2.45. The molecule has 2 N–H and O–H groups in total. The SMILES string of the molecule is CCN(Cc1ccccn1)c1nc(C)cc(C(N)=S)n1. The number of nitrogens with zero attached hydrogens (tertiary/aromatic N) is 4. The van der Waals surface area contributed by atoms with Crippen LogP contribution in [0.1, 0.15) is 24.0 Å². The molecule has 0 atom stereocenters. The summed E-state index contributed by atoms with van der Waals surface area (Å²) in [5.74, 6) is 0.626. The van der Waals surface area contributed by atoms with Crippen LogP contribution >= 0.6 is 12.2 Å². The summed E-state index contributed by atoms with van der Waals surface area (Å²) in [6, 6.07) is 7.63. The minimum absolute atomic E-state index is 0.283. The van der Waals surface area contributed by atoms with E-state index in [9.17, 15) is 0 Å². The van der Waals surface area contributed by atoms with Gasteiger partial charge in [-0.15, -0.1) is 0 Å². The van der Waals surface area contributed by atoms with Crippen molar-refractivity contribution in [1.82, 2.24) is 15.0 Å². The molecule has 2 aromatic heterocycles. The molecule has 0 aliphatic rings. The lowest BCUT2D eigenvalue weighted by Gasteiger charge is -2.21. The van der Waals surface area contributed by atoms with Crippen LogP contribution in [0.2, 0.25) is 0 Å². The highest BCUT2D eigenvalue weighted by atomic mass is 32.1. The van der Waals surface area contributed by atoms with Crippen molar-refractivity contribution >= 4 is 23.2 Å². The number of aryl methyl sites for hydroxylation is 1. The maximum Gasteiger partial charge on any atom is 0.226 e. The molecule has 2 rings (SSSR count). The van der Waals surface area contributed by atoms with Gasteiger partial charge >= 0.3 is 0 Å². The highest BCUT2D eigenvalue weighted by Gasteiger charge is 2.12. The van der Waals surface area contributed by atoms with E-state index in [0.29, 0.717) is 18.2 Å². The number of pyridine rings is 1. The first kappa shape index (κ1) is 14.3. The van der Waals surface area contributed by atoms with Crippen LogP contribution in [0, 0.1) is 6.92 Å². The highest BCUT2D eigenvalue weighted by molar-refractivity contribution is 7.80. The maximum atomic E-state index is 5.66. The number of rotatable bonds is 5. The summed E-state index contributed by atoms with van der Waals surface area (Å²) in [6.07, 6.45) is 1.78. The summed E-state index contributed by atoms with van der Waals surface area (Å²) in [5.41, 5.74) is 8.07. The molecular formula is C14H17N5S. The summed E-state index contributed by atoms with van der Waals surface area (Å²) in [6.45, 7) is 5.38. The van der Waals surface area contributed by atoms with Gasteiger partial charge in [-0.1, -0.05) is 18.3 Å². The van der Waals surface area contributed by atoms with Crippen molar-refractivity contribution < 1.29 is 0 Å². The Hall–Kier alpha value is -2.08. The van der Waals surface area contributed by atoms with Gasteiger partial charge in [0.05, 0.1) is 12.2 Å². The quantitative estimate of drug-likeness (QED) is 0.846. The van der Waals surface area contributed by atoms with Gasteiger partial charge in [0.25, 0.3) is 0 Å². The maximum absolute atomic E-state index is 5.66. The van der Waals surface area contributed by atoms with Crippen LogP contribution in [0.3, 0.4) is 0 Å². The molecule has 0 radical (unpaired) electrons. The van der Waals surface area contributed by atoms with E-state index >= 15 is 0 Å². The fraction of sp³-hybridized carbons (Fsp3) is 0.286. The molecule has 0 amide bonds. The molecule has 2 aromatic rings. The number of hydrogen-bond donors (Lipinski definition) is 1. The smallest absolute Gasteiger partial charge is 0.226 e. The molecule has 0 aliphatic carbocycles. The van der Waals surface area contributed by atoms with Crippen LogP contribution in [0.4, 0.5) is 5.95 Å². The molecule has 0 bridgehead atoms. The summed E-state index contributed by atoms with van der Waals surface area (Å²) < 4.78 is 0. The Bertz CT molecular complexity index is 600. The third-order valence-corrected chi connectivity index (χ3v) is 3.05. The van der Waals surface area contributed by atoms with Gasteiger partial charge in [-0.05, 0) is 32.0 Å². The van der Waals surface area contributed by atoms with Crippen molar-refractivity contribution in [1.29, 1.82) is 0 Å². The van der Waals surface area contributed by atoms with E-state index in [4.69, 9.17) is 18.0 Å². The topological polar surface area (TPSA) is 67.9 Å². The Morgan fingerprint density at radius 3 is 2.75 bits per heavy atom. The van der Waals surface area contributed by atoms with Crippen LogP contribution in [-0.4, -0.2) is 26.5 Å². The highest BCUT2D eigenvalue weighted by Crippen LogP contribution is 2.13. The molecule has 104 valence electrons. The van der Waals surface area contributed by atoms with Crippen molar-refractivity contribution in [2.24, 2.45) is 5.73 Å². The second kappa shape index (κ2) is 6.38. The zero-order chi connectivity index (χ0) is 14.5. The summed E-state index contributed by atoms with van der Waals surface area (Å²) in [4.78, 5) is 15.5. The second-order valence-electron chi connectivity index (χ2n) is 4.39. The first-order valence-corrected chi connectivity index (χ1v) is 6.81. The molecule has 2 heterocycles. The van der Waals surface area contributed by atoms with Gasteiger partial charge in [0.2, 0.25) is 5.95 Å². The molecule has 5 nitrogen and oxygen atoms in total. The van der Waals surface area contributed by atoms with E-state index in [2.05, 4.69) is 21.9 Å². The zero-order valence-corrected chi connectivity index (χ0v) is 12.4. The Morgan fingerprint density at radius 2 is 2.15 bits per heavy atom. The van der Waals surface area contributed by atoms with E-state index < -0.39 is 0 Å². The third kappa shape index (κ3) is 3.48. The first-order valence-electron chi connectivity index (χ1n) is 6.40. The zero-order valence-electron chi connectivity index (χ0n) is 11.6. The van der Waals surface area contributed by atoms with Gasteiger partial charge in [-0.25, -0.2) is 9.97 Å². The Kier molecular flexibility index (Phi) is 4.57. The second-order valence-corrected chi connectivity index (χ2v) is 4.83. The van der Waals surface area contributed by atoms with Crippen molar-refractivity contribution in [2.75, 3.05) is 11.4 Å². The predicted molar refractivity (Wildman–Crippen MR) is 83.6 cm³/mol. The lowest BCUT2D eigenvalue weighted by molar-refractivity contribution is 0.770. The molecule has 20 heavy (non-hydrogen) atoms. The van der Waals surface area contributed by atoms with Crippen molar-refractivity contribution in [3.8, 4) is 0 Å². The molecule has 0 saturated carbocycles. The number of anilines is 1. The van der Waals surface area contributed by atoms with E-state index in [1.54, 1.807) is 12.3 Å². The molecule has 0 fully saturated rings. The van der Waals surface area contributed by atoms with Crippen LogP contribution in [-0.2, 0) is 6.54 Å². The summed E-state index contributed by atoms with van der Waals surface area (Å²) in [5, 5.41) is 0. The fourth-order valence-electron chi connectivity index (χ4n) is 1.83. The first-order chi connectivity index (χ1) is 9.60. The Labute approximate surface area is 123 Å². The molecule has 0 spiro atoms. The van der Waals surface area contributed by atoms with E-state index in [0.717, 1.165) is 17.9 Å². The van der Waals surface area contributed by atoms with Crippen LogP contribution in [0.25, 0.3) is 0 Å². The number of nitrogens with two attached hydrogens (primary N) is 1. The number of aromatic nitrogens is 3. The molecule has 0 aliphatic heterocycles. The number of hydrogen-bond acceptors (Lipinski definition) is 5. The molecule has 0 saturated heterocycles. The van der Waals surface area contributed by atoms with Gasteiger partial charge in [0, 0.05) is 18.4 Å². The van der Waals surface area contributed by atoms with Crippen LogP contribution in [0.5, 0.6) is 0 Å². The lowest BCUT2D eigenvalue weighted by Crippen LogP contribution is -2.26. The minimum atomic E-state index is 0.283. The van der Waals surface area contributed by atoms with Crippen LogP contribution in [0.15, 0.2) is 30.5 Å². The van der Waals surface area contributed by atoms with Crippen molar-refractivity contribution in [3.05, 3.63) is 47.5 Å². The summed E-state index contributed by atoms with van der Waals surface area (Å²) in [7, 11) is 0. The van der Waals surface area contributed by atoms with Gasteiger partial charge < -0.3 is 10.6 Å². The Balaban J connectivity index is 2.29. The average molecular weight is 287 g/mol. The monoisotopic (exact) mass is 287 g/mol.